The highest BCUT2D eigenvalue weighted by Crippen LogP contribution is 2.48. The van der Waals surface area contributed by atoms with Gasteiger partial charge in [0.2, 0.25) is 10.0 Å². The third-order valence-electron chi connectivity index (χ3n) is 7.41. The van der Waals surface area contributed by atoms with Crippen LogP contribution in [0.3, 0.4) is 0 Å². The van der Waals surface area contributed by atoms with Gasteiger partial charge in [0.1, 0.15) is 12.4 Å². The van der Waals surface area contributed by atoms with Crippen molar-refractivity contribution in [3.8, 4) is 11.8 Å². The Morgan fingerprint density at radius 1 is 1.16 bits per heavy atom. The molecule has 1 aromatic heterocycles. The zero-order valence-corrected chi connectivity index (χ0v) is 21.2. The van der Waals surface area contributed by atoms with E-state index in [1.54, 1.807) is 23.0 Å². The Morgan fingerprint density at radius 2 is 1.87 bits per heavy atom. The van der Waals surface area contributed by atoms with Crippen LogP contribution < -0.4 is 0 Å². The van der Waals surface area contributed by atoms with Crippen molar-refractivity contribution < 1.29 is 26.0 Å². The molecule has 3 aromatic rings. The van der Waals surface area contributed by atoms with E-state index in [4.69, 9.17) is 0 Å². The maximum absolute atomic E-state index is 13.6. The second-order valence-corrected chi connectivity index (χ2v) is 11.5. The molecule has 0 N–H and O–H groups in total. The minimum absolute atomic E-state index is 0.0906. The minimum Gasteiger partial charge on any atom is -0.237 e. The normalized spacial score (nSPS) is 19.4. The number of nitrogens with zero attached hydrogens (tertiary/aromatic N) is 4. The third-order valence-corrected chi connectivity index (χ3v) is 9.28. The average molecular weight is 545 g/mol. The summed E-state index contributed by atoms with van der Waals surface area (Å²) in [5.41, 5.74) is 3.62. The van der Waals surface area contributed by atoms with Gasteiger partial charge in [-0.25, -0.2) is 17.5 Å². The Kier molecular flexibility index (Phi) is 6.65. The van der Waals surface area contributed by atoms with E-state index in [0.29, 0.717) is 19.3 Å². The van der Waals surface area contributed by atoms with Crippen molar-refractivity contribution in [1.82, 2.24) is 14.1 Å². The van der Waals surface area contributed by atoms with Crippen molar-refractivity contribution in [2.75, 3.05) is 13.1 Å². The summed E-state index contributed by atoms with van der Waals surface area (Å²) < 4.78 is 83.7. The number of hydrogen-bond acceptors (Lipinski definition) is 4. The summed E-state index contributed by atoms with van der Waals surface area (Å²) in [5, 5.41) is 13.9. The highest BCUT2D eigenvalue weighted by atomic mass is 32.2. The Hall–Kier alpha value is -3.49. The van der Waals surface area contributed by atoms with Gasteiger partial charge in [-0.05, 0) is 55.2 Å². The van der Waals surface area contributed by atoms with Gasteiger partial charge >= 0.3 is 6.18 Å². The molecule has 0 radical (unpaired) electrons. The van der Waals surface area contributed by atoms with Crippen LogP contribution in [0.25, 0.3) is 5.69 Å². The van der Waals surface area contributed by atoms with E-state index in [0.717, 1.165) is 50.6 Å². The van der Waals surface area contributed by atoms with Crippen molar-refractivity contribution in [2.45, 2.75) is 43.2 Å². The first kappa shape index (κ1) is 26.1. The van der Waals surface area contributed by atoms with Gasteiger partial charge in [-0.3, -0.25) is 0 Å². The monoisotopic (exact) mass is 544 g/mol. The summed E-state index contributed by atoms with van der Waals surface area (Å²) >= 11 is 0. The van der Waals surface area contributed by atoms with Crippen LogP contribution in [-0.4, -0.2) is 35.6 Å². The van der Waals surface area contributed by atoms with Gasteiger partial charge in [0.25, 0.3) is 0 Å². The van der Waals surface area contributed by atoms with Crippen LogP contribution in [0.2, 0.25) is 0 Å². The second kappa shape index (κ2) is 9.67. The quantitative estimate of drug-likeness (QED) is 0.230. The number of sulfonamides is 1. The topological polar surface area (TPSA) is 79.0 Å². The Bertz CT molecular complexity index is 1550. The zero-order chi connectivity index (χ0) is 27.2. The van der Waals surface area contributed by atoms with Crippen LogP contribution in [0.1, 0.15) is 42.5 Å². The fraction of sp³-hybridized carbons (Fsp3) is 0.333. The number of aromatic nitrogens is 2. The van der Waals surface area contributed by atoms with Crippen LogP contribution in [0.15, 0.2) is 70.8 Å². The van der Waals surface area contributed by atoms with Gasteiger partial charge in [-0.2, -0.15) is 27.8 Å². The summed E-state index contributed by atoms with van der Waals surface area (Å²) in [4.78, 5) is -0.852. The molecule has 0 fully saturated rings. The molecule has 2 aliphatic rings. The molecule has 0 spiro atoms. The SMILES string of the molecule is C[C@@H]1C2=C(CC[C@@H]2CN(CC#N)S(=O)(=O)c2ccccc2C(F)(F)F)Cc2c1cnn2-c1ccc(F)cc1. The van der Waals surface area contributed by atoms with Gasteiger partial charge in [0.15, 0.2) is 0 Å². The molecule has 11 heteroatoms. The molecule has 0 saturated heterocycles. The van der Waals surface area contributed by atoms with Crippen LogP contribution in [-0.2, 0) is 22.6 Å². The van der Waals surface area contributed by atoms with Crippen LogP contribution in [0, 0.1) is 23.1 Å². The van der Waals surface area contributed by atoms with Gasteiger partial charge in [-0.1, -0.05) is 30.2 Å². The van der Waals surface area contributed by atoms with E-state index in [-0.39, 0.29) is 24.2 Å². The number of fused-ring (bicyclic) bond motifs is 1. The molecule has 38 heavy (non-hydrogen) atoms. The molecule has 2 aliphatic carbocycles. The molecule has 0 amide bonds. The first-order valence-corrected chi connectivity index (χ1v) is 13.5. The molecule has 2 aromatic carbocycles. The van der Waals surface area contributed by atoms with Crippen LogP contribution in [0.5, 0.6) is 0 Å². The Balaban J connectivity index is 1.45. The van der Waals surface area contributed by atoms with Crippen molar-refractivity contribution in [1.29, 1.82) is 5.26 Å². The lowest BCUT2D eigenvalue weighted by atomic mass is 9.80. The molecule has 0 saturated carbocycles. The van der Waals surface area contributed by atoms with Crippen molar-refractivity contribution in [3.63, 3.8) is 0 Å². The zero-order valence-electron chi connectivity index (χ0n) is 20.4. The number of hydrogen-bond donors (Lipinski definition) is 0. The van der Waals surface area contributed by atoms with Crippen LogP contribution >= 0.6 is 0 Å². The molecule has 6 nitrogen and oxygen atoms in total. The fourth-order valence-corrected chi connectivity index (χ4v) is 7.31. The van der Waals surface area contributed by atoms with Gasteiger partial charge in [-0.15, -0.1) is 0 Å². The van der Waals surface area contributed by atoms with E-state index in [1.165, 1.54) is 18.2 Å². The molecule has 0 aliphatic heterocycles. The molecular weight excluding hydrogens is 520 g/mol. The highest BCUT2D eigenvalue weighted by molar-refractivity contribution is 7.89. The first-order chi connectivity index (χ1) is 18.0. The lowest BCUT2D eigenvalue weighted by Crippen LogP contribution is -2.37. The number of benzene rings is 2. The van der Waals surface area contributed by atoms with E-state index in [9.17, 15) is 31.2 Å². The summed E-state index contributed by atoms with van der Waals surface area (Å²) in [6.07, 6.45) is -1.18. The number of allylic oxidation sites excluding steroid dienone is 1. The second-order valence-electron chi connectivity index (χ2n) is 9.58. The molecule has 5 rings (SSSR count). The number of nitriles is 1. The predicted octanol–water partition coefficient (Wildman–Crippen LogP) is 5.61. The van der Waals surface area contributed by atoms with E-state index < -0.39 is 33.2 Å². The Morgan fingerprint density at radius 3 is 2.55 bits per heavy atom. The first-order valence-electron chi connectivity index (χ1n) is 12.1. The maximum atomic E-state index is 13.6. The summed E-state index contributed by atoms with van der Waals surface area (Å²) in [5.74, 6) is -0.686. The smallest absolute Gasteiger partial charge is 0.237 e. The van der Waals surface area contributed by atoms with Crippen molar-refractivity contribution in [2.24, 2.45) is 5.92 Å². The Labute approximate surface area is 217 Å². The van der Waals surface area contributed by atoms with Gasteiger partial charge < -0.3 is 0 Å². The predicted molar refractivity (Wildman–Crippen MR) is 131 cm³/mol. The number of halogens is 4. The maximum Gasteiger partial charge on any atom is 0.417 e. The average Bonchev–Trinajstić information content (AvgIpc) is 3.49. The largest absolute Gasteiger partial charge is 0.417 e. The van der Waals surface area contributed by atoms with Crippen molar-refractivity contribution >= 4 is 10.0 Å². The van der Waals surface area contributed by atoms with Gasteiger partial charge in [0.05, 0.1) is 34.1 Å². The van der Waals surface area contributed by atoms with E-state index >= 15 is 0 Å². The summed E-state index contributed by atoms with van der Waals surface area (Å²) in [6.45, 7) is 1.35. The number of alkyl halides is 3. The molecule has 0 bridgehead atoms. The molecule has 2 atom stereocenters. The highest BCUT2D eigenvalue weighted by Gasteiger charge is 2.42. The molecular formula is C27H24F4N4O2S. The molecule has 1 heterocycles. The number of rotatable bonds is 6. The third kappa shape index (κ3) is 4.52. The fourth-order valence-electron chi connectivity index (χ4n) is 5.71. The molecule has 0 unspecified atom stereocenters. The van der Waals surface area contributed by atoms with E-state index in [1.807, 2.05) is 13.0 Å². The van der Waals surface area contributed by atoms with Crippen LogP contribution in [0.4, 0.5) is 17.6 Å². The van der Waals surface area contributed by atoms with E-state index in [2.05, 4.69) is 5.10 Å². The van der Waals surface area contributed by atoms with Crippen molar-refractivity contribution in [3.05, 3.63) is 88.5 Å². The lowest BCUT2D eigenvalue weighted by molar-refractivity contribution is -0.139. The van der Waals surface area contributed by atoms with Gasteiger partial charge in [0, 0.05) is 24.4 Å². The molecule has 198 valence electrons. The summed E-state index contributed by atoms with van der Waals surface area (Å²) in [7, 11) is -4.59. The minimum atomic E-state index is -4.86. The summed E-state index contributed by atoms with van der Waals surface area (Å²) in [6, 6.07) is 11.9. The lowest BCUT2D eigenvalue weighted by Gasteiger charge is -2.30. The standard InChI is InChI=1S/C27H24F4N4O2S/c1-17-22-15-33-35(21-10-8-20(28)9-11-21)24(22)14-18-6-7-19(26(17)18)16-34(13-12-32)38(36,37)25-5-3-2-4-23(25)27(29,30)31/h2-5,8-11,15,17,19H,6-7,13-14,16H2,1H3/t17-,19+/m0/s1.